The molecule has 3 N–H and O–H groups in total. The summed E-state index contributed by atoms with van der Waals surface area (Å²) in [5, 5.41) is 21.9. The van der Waals surface area contributed by atoms with E-state index in [9.17, 15) is 9.90 Å². The Balaban J connectivity index is 2.64. The number of carboxylic acid groups (broad SMARTS) is 1. The normalized spacial score (nSPS) is 14.8. The molecule has 1 aromatic carbocycles. The predicted octanol–water partition coefficient (Wildman–Crippen LogP) is 2.47. The molecule has 0 spiro atoms. The van der Waals surface area contributed by atoms with Crippen LogP contribution in [0.25, 0.3) is 0 Å². The van der Waals surface area contributed by atoms with Gasteiger partial charge in [-0.05, 0) is 23.0 Å². The Labute approximate surface area is 120 Å². The van der Waals surface area contributed by atoms with Gasteiger partial charge < -0.3 is 15.5 Å². The van der Waals surface area contributed by atoms with Crippen LogP contribution in [0.2, 0.25) is 0 Å². The fraction of sp³-hybridized carbons (Fsp3) is 0.562. The lowest BCUT2D eigenvalue weighted by Crippen LogP contribution is -2.38. The van der Waals surface area contributed by atoms with E-state index in [1.54, 1.807) is 6.92 Å². The summed E-state index contributed by atoms with van der Waals surface area (Å²) < 4.78 is 0. The van der Waals surface area contributed by atoms with E-state index in [-0.39, 0.29) is 12.0 Å². The lowest BCUT2D eigenvalue weighted by molar-refractivity contribution is -0.139. The molecule has 2 atom stereocenters. The van der Waals surface area contributed by atoms with E-state index in [0.717, 1.165) is 5.56 Å². The van der Waals surface area contributed by atoms with Gasteiger partial charge in [0.05, 0.1) is 6.10 Å². The SMILES string of the molecule is CCC(NCC(O)c1ccc(C(C)(C)C)cc1)C(=O)O. The van der Waals surface area contributed by atoms with Gasteiger partial charge in [0.1, 0.15) is 6.04 Å². The Morgan fingerprint density at radius 1 is 1.25 bits per heavy atom. The maximum absolute atomic E-state index is 10.9. The van der Waals surface area contributed by atoms with E-state index in [2.05, 4.69) is 26.1 Å². The van der Waals surface area contributed by atoms with Gasteiger partial charge in [-0.1, -0.05) is 52.0 Å². The number of aliphatic carboxylic acids is 1. The van der Waals surface area contributed by atoms with Gasteiger partial charge in [-0.2, -0.15) is 0 Å². The fourth-order valence-corrected chi connectivity index (χ4v) is 1.98. The Morgan fingerprint density at radius 2 is 1.80 bits per heavy atom. The molecule has 112 valence electrons. The number of hydrogen-bond acceptors (Lipinski definition) is 3. The van der Waals surface area contributed by atoms with Crippen molar-refractivity contribution in [2.24, 2.45) is 0 Å². The molecule has 0 heterocycles. The molecule has 4 nitrogen and oxygen atoms in total. The highest BCUT2D eigenvalue weighted by Gasteiger charge is 2.17. The Kier molecular flexibility index (Phi) is 5.72. The van der Waals surface area contributed by atoms with Crippen LogP contribution in [0.1, 0.15) is 51.3 Å². The van der Waals surface area contributed by atoms with E-state index in [1.807, 2.05) is 24.3 Å². The van der Waals surface area contributed by atoms with Crippen LogP contribution in [0, 0.1) is 0 Å². The van der Waals surface area contributed by atoms with Crippen molar-refractivity contribution in [3.63, 3.8) is 0 Å². The lowest BCUT2D eigenvalue weighted by atomic mass is 9.86. The molecule has 0 aliphatic rings. The van der Waals surface area contributed by atoms with E-state index in [4.69, 9.17) is 5.11 Å². The van der Waals surface area contributed by atoms with Crippen molar-refractivity contribution in [1.29, 1.82) is 0 Å². The van der Waals surface area contributed by atoms with E-state index in [0.29, 0.717) is 6.42 Å². The maximum Gasteiger partial charge on any atom is 0.320 e. The van der Waals surface area contributed by atoms with Crippen LogP contribution >= 0.6 is 0 Å². The van der Waals surface area contributed by atoms with Crippen molar-refractivity contribution in [2.75, 3.05) is 6.54 Å². The highest BCUT2D eigenvalue weighted by atomic mass is 16.4. The molecule has 0 aliphatic heterocycles. The first-order valence-electron chi connectivity index (χ1n) is 7.00. The number of nitrogens with one attached hydrogen (secondary N) is 1. The van der Waals surface area contributed by atoms with Crippen molar-refractivity contribution >= 4 is 5.97 Å². The average molecular weight is 279 g/mol. The molecule has 0 aromatic heterocycles. The summed E-state index contributed by atoms with van der Waals surface area (Å²) in [6, 6.07) is 7.20. The van der Waals surface area contributed by atoms with Crippen LogP contribution in [0.4, 0.5) is 0 Å². The third-order valence-corrected chi connectivity index (χ3v) is 3.43. The molecule has 0 fully saturated rings. The second kappa shape index (κ2) is 6.86. The minimum Gasteiger partial charge on any atom is -0.480 e. The second-order valence-corrected chi connectivity index (χ2v) is 6.10. The van der Waals surface area contributed by atoms with Crippen LogP contribution < -0.4 is 5.32 Å². The number of aliphatic hydroxyl groups excluding tert-OH is 1. The molecule has 0 radical (unpaired) electrons. The Morgan fingerprint density at radius 3 is 2.20 bits per heavy atom. The molecular formula is C16H25NO3. The largest absolute Gasteiger partial charge is 0.480 e. The molecule has 0 bridgehead atoms. The quantitative estimate of drug-likeness (QED) is 0.748. The molecule has 0 saturated carbocycles. The minimum absolute atomic E-state index is 0.0817. The van der Waals surface area contributed by atoms with E-state index >= 15 is 0 Å². The van der Waals surface area contributed by atoms with Crippen molar-refractivity contribution in [3.8, 4) is 0 Å². The maximum atomic E-state index is 10.9. The standard InChI is InChI=1S/C16H25NO3/c1-5-13(15(19)20)17-10-14(18)11-6-8-12(9-7-11)16(2,3)4/h6-9,13-14,17-18H,5,10H2,1-4H3,(H,19,20). The number of aliphatic hydroxyl groups is 1. The number of benzene rings is 1. The fourth-order valence-electron chi connectivity index (χ4n) is 1.98. The number of rotatable bonds is 6. The average Bonchev–Trinajstić information content (AvgIpc) is 2.38. The zero-order valence-corrected chi connectivity index (χ0v) is 12.7. The van der Waals surface area contributed by atoms with Gasteiger partial charge in [0.2, 0.25) is 0 Å². The van der Waals surface area contributed by atoms with Crippen molar-refractivity contribution in [2.45, 2.75) is 51.7 Å². The molecular weight excluding hydrogens is 254 g/mol. The zero-order valence-electron chi connectivity index (χ0n) is 12.7. The summed E-state index contributed by atoms with van der Waals surface area (Å²) in [7, 11) is 0. The van der Waals surface area contributed by atoms with Gasteiger partial charge >= 0.3 is 5.97 Å². The summed E-state index contributed by atoms with van der Waals surface area (Å²) in [5.41, 5.74) is 2.09. The number of carboxylic acids is 1. The monoisotopic (exact) mass is 279 g/mol. The summed E-state index contributed by atoms with van der Waals surface area (Å²) in [4.78, 5) is 10.9. The van der Waals surface area contributed by atoms with Crippen LogP contribution in [0.5, 0.6) is 0 Å². The highest BCUT2D eigenvalue weighted by Crippen LogP contribution is 2.23. The van der Waals surface area contributed by atoms with Crippen LogP contribution in [-0.4, -0.2) is 28.8 Å². The molecule has 0 aliphatic carbocycles. The zero-order chi connectivity index (χ0) is 15.3. The second-order valence-electron chi connectivity index (χ2n) is 6.10. The minimum atomic E-state index is -0.886. The third kappa shape index (κ3) is 4.62. The number of hydrogen-bond donors (Lipinski definition) is 3. The van der Waals surface area contributed by atoms with Gasteiger partial charge in [-0.3, -0.25) is 4.79 Å². The van der Waals surface area contributed by atoms with Crippen LogP contribution in [0.15, 0.2) is 24.3 Å². The first kappa shape index (κ1) is 16.7. The Hall–Kier alpha value is -1.39. The van der Waals surface area contributed by atoms with Crippen LogP contribution in [-0.2, 0) is 10.2 Å². The first-order valence-corrected chi connectivity index (χ1v) is 7.00. The Bertz CT molecular complexity index is 434. The molecule has 1 rings (SSSR count). The summed E-state index contributed by atoms with van der Waals surface area (Å²) in [6.45, 7) is 8.45. The smallest absolute Gasteiger partial charge is 0.320 e. The topological polar surface area (TPSA) is 69.6 Å². The van der Waals surface area contributed by atoms with Crippen molar-refractivity contribution < 1.29 is 15.0 Å². The molecule has 2 unspecified atom stereocenters. The molecule has 20 heavy (non-hydrogen) atoms. The lowest BCUT2D eigenvalue weighted by Gasteiger charge is -2.20. The van der Waals surface area contributed by atoms with Gasteiger partial charge in [0.25, 0.3) is 0 Å². The molecule has 0 amide bonds. The van der Waals surface area contributed by atoms with E-state index in [1.165, 1.54) is 5.56 Å². The van der Waals surface area contributed by atoms with Crippen LogP contribution in [0.3, 0.4) is 0 Å². The van der Waals surface area contributed by atoms with Crippen molar-refractivity contribution in [1.82, 2.24) is 5.32 Å². The predicted molar refractivity (Wildman–Crippen MR) is 79.8 cm³/mol. The third-order valence-electron chi connectivity index (χ3n) is 3.43. The van der Waals surface area contributed by atoms with E-state index < -0.39 is 18.1 Å². The van der Waals surface area contributed by atoms with Crippen molar-refractivity contribution in [3.05, 3.63) is 35.4 Å². The summed E-state index contributed by atoms with van der Waals surface area (Å²) in [5.74, 6) is -0.886. The molecule has 0 saturated heterocycles. The van der Waals surface area contributed by atoms with Gasteiger partial charge in [0, 0.05) is 6.54 Å². The summed E-state index contributed by atoms with van der Waals surface area (Å²) in [6.07, 6.45) is -0.206. The summed E-state index contributed by atoms with van der Waals surface area (Å²) >= 11 is 0. The highest BCUT2D eigenvalue weighted by molar-refractivity contribution is 5.73. The van der Waals surface area contributed by atoms with Gasteiger partial charge in [-0.25, -0.2) is 0 Å². The number of carbonyl (C=O) groups is 1. The molecule has 4 heteroatoms. The van der Waals surface area contributed by atoms with Gasteiger partial charge in [0.15, 0.2) is 0 Å². The first-order chi connectivity index (χ1) is 9.25. The molecule has 1 aromatic rings. The van der Waals surface area contributed by atoms with Gasteiger partial charge in [-0.15, -0.1) is 0 Å².